The van der Waals surface area contributed by atoms with Gasteiger partial charge in [-0.1, -0.05) is 6.07 Å². The first-order valence-electron chi connectivity index (χ1n) is 8.49. The van der Waals surface area contributed by atoms with Gasteiger partial charge in [0, 0.05) is 29.9 Å². The molecule has 8 nitrogen and oxygen atoms in total. The number of hydrazine groups is 1. The van der Waals surface area contributed by atoms with Gasteiger partial charge in [-0.2, -0.15) is 0 Å². The predicted molar refractivity (Wildman–Crippen MR) is 105 cm³/mol. The summed E-state index contributed by atoms with van der Waals surface area (Å²) in [6, 6.07) is 7.78. The molecule has 28 heavy (non-hydrogen) atoms. The standard InChI is InChI=1S/C19H19FN6O2/c1-11(5-7-27)26(22)19-16(20)9-15(17(21)28)18(25-19)24-14-3-2-13-10-23-6-4-12(13)8-14/h2-4,6-11H,5,22H2,1H3,(H2,21,28)(H,24,25). The van der Waals surface area contributed by atoms with Crippen LogP contribution in [0, 0.1) is 5.82 Å². The van der Waals surface area contributed by atoms with Gasteiger partial charge in [-0.25, -0.2) is 15.2 Å². The molecule has 2 heterocycles. The number of carbonyl (C=O) groups excluding carboxylic acids is 2. The van der Waals surface area contributed by atoms with Gasteiger partial charge < -0.3 is 15.8 Å². The number of halogens is 1. The molecule has 1 atom stereocenters. The van der Waals surface area contributed by atoms with Crippen LogP contribution in [0.25, 0.3) is 10.8 Å². The molecule has 0 saturated carbocycles. The molecule has 1 unspecified atom stereocenters. The topological polar surface area (TPSA) is 127 Å². The number of benzene rings is 1. The van der Waals surface area contributed by atoms with Crippen LogP contribution in [-0.4, -0.2) is 28.2 Å². The van der Waals surface area contributed by atoms with E-state index in [4.69, 9.17) is 11.6 Å². The lowest BCUT2D eigenvalue weighted by Crippen LogP contribution is -2.41. The van der Waals surface area contributed by atoms with E-state index in [1.807, 2.05) is 18.2 Å². The highest BCUT2D eigenvalue weighted by Crippen LogP contribution is 2.27. The Kier molecular flexibility index (Phi) is 5.46. The number of aldehydes is 1. The zero-order valence-corrected chi connectivity index (χ0v) is 15.1. The van der Waals surface area contributed by atoms with Gasteiger partial charge in [0.15, 0.2) is 11.6 Å². The van der Waals surface area contributed by atoms with Crippen molar-refractivity contribution in [2.75, 3.05) is 10.3 Å². The summed E-state index contributed by atoms with van der Waals surface area (Å²) < 4.78 is 14.5. The number of fused-ring (bicyclic) bond motifs is 1. The van der Waals surface area contributed by atoms with Crippen LogP contribution in [0.3, 0.4) is 0 Å². The van der Waals surface area contributed by atoms with Crippen LogP contribution < -0.4 is 21.9 Å². The molecule has 5 N–H and O–H groups in total. The SMILES string of the molecule is CC(CC=O)N(N)c1nc(Nc2ccc3cnccc3c2)c(C(N)=O)cc1F. The van der Waals surface area contributed by atoms with Gasteiger partial charge in [0.25, 0.3) is 5.91 Å². The molecule has 3 rings (SSSR count). The maximum absolute atomic E-state index is 14.5. The molecule has 144 valence electrons. The number of rotatable bonds is 7. The maximum atomic E-state index is 14.5. The van der Waals surface area contributed by atoms with Crippen LogP contribution in [0.1, 0.15) is 23.7 Å². The van der Waals surface area contributed by atoms with Gasteiger partial charge in [-0.05, 0) is 36.6 Å². The minimum absolute atomic E-state index is 0.0612. The smallest absolute Gasteiger partial charge is 0.252 e. The molecule has 0 aliphatic heterocycles. The molecule has 0 bridgehead atoms. The molecule has 1 aromatic carbocycles. The highest BCUT2D eigenvalue weighted by molar-refractivity contribution is 5.99. The number of primary amides is 1. The first kappa shape index (κ1) is 19.2. The summed E-state index contributed by atoms with van der Waals surface area (Å²) in [5.74, 6) is 4.11. The number of aromatic nitrogens is 2. The average molecular weight is 382 g/mol. The number of hydrogen-bond acceptors (Lipinski definition) is 7. The van der Waals surface area contributed by atoms with E-state index in [2.05, 4.69) is 15.3 Å². The van der Waals surface area contributed by atoms with Crippen molar-refractivity contribution in [1.29, 1.82) is 0 Å². The van der Waals surface area contributed by atoms with Crippen LogP contribution >= 0.6 is 0 Å². The quantitative estimate of drug-likeness (QED) is 0.325. The number of hydrogen-bond donors (Lipinski definition) is 3. The highest BCUT2D eigenvalue weighted by atomic mass is 19.1. The fourth-order valence-corrected chi connectivity index (χ4v) is 2.70. The molecule has 0 fully saturated rings. The summed E-state index contributed by atoms with van der Waals surface area (Å²) in [6.45, 7) is 1.65. The Morgan fingerprint density at radius 3 is 2.82 bits per heavy atom. The summed E-state index contributed by atoms with van der Waals surface area (Å²) in [4.78, 5) is 30.7. The zero-order valence-electron chi connectivity index (χ0n) is 15.1. The molecule has 0 radical (unpaired) electrons. The Hall–Kier alpha value is -3.59. The molecule has 0 aliphatic rings. The van der Waals surface area contributed by atoms with Crippen molar-refractivity contribution in [3.05, 3.63) is 54.1 Å². The van der Waals surface area contributed by atoms with E-state index in [-0.39, 0.29) is 23.6 Å². The van der Waals surface area contributed by atoms with E-state index in [0.29, 0.717) is 12.0 Å². The van der Waals surface area contributed by atoms with Crippen molar-refractivity contribution in [2.24, 2.45) is 11.6 Å². The summed E-state index contributed by atoms with van der Waals surface area (Å²) in [5, 5.41) is 5.89. The normalized spacial score (nSPS) is 11.8. The van der Waals surface area contributed by atoms with E-state index in [0.717, 1.165) is 21.8 Å². The van der Waals surface area contributed by atoms with Gasteiger partial charge >= 0.3 is 0 Å². The molecule has 9 heteroatoms. The maximum Gasteiger partial charge on any atom is 0.252 e. The lowest BCUT2D eigenvalue weighted by molar-refractivity contribution is -0.108. The van der Waals surface area contributed by atoms with Gasteiger partial charge in [-0.3, -0.25) is 14.8 Å². The molecule has 1 amide bonds. The fourth-order valence-electron chi connectivity index (χ4n) is 2.70. The van der Waals surface area contributed by atoms with E-state index in [1.54, 1.807) is 25.4 Å². The lowest BCUT2D eigenvalue weighted by Gasteiger charge is -2.25. The van der Waals surface area contributed by atoms with Crippen molar-refractivity contribution in [1.82, 2.24) is 9.97 Å². The Labute approximate surface area is 160 Å². The fraction of sp³-hybridized carbons (Fsp3) is 0.158. The van der Waals surface area contributed by atoms with Crippen molar-refractivity contribution in [3.8, 4) is 0 Å². The van der Waals surface area contributed by atoms with E-state index < -0.39 is 17.8 Å². The lowest BCUT2D eigenvalue weighted by atomic mass is 10.1. The highest BCUT2D eigenvalue weighted by Gasteiger charge is 2.21. The largest absolute Gasteiger partial charge is 0.365 e. The van der Waals surface area contributed by atoms with Gasteiger partial charge in [0.2, 0.25) is 0 Å². The Morgan fingerprint density at radius 2 is 2.11 bits per heavy atom. The number of carbonyl (C=O) groups is 2. The van der Waals surface area contributed by atoms with Gasteiger partial charge in [-0.15, -0.1) is 0 Å². The van der Waals surface area contributed by atoms with Crippen LogP contribution in [-0.2, 0) is 4.79 Å². The number of nitrogens with zero attached hydrogens (tertiary/aromatic N) is 3. The van der Waals surface area contributed by atoms with Crippen molar-refractivity contribution < 1.29 is 14.0 Å². The summed E-state index contributed by atoms with van der Waals surface area (Å²) in [7, 11) is 0. The van der Waals surface area contributed by atoms with Gasteiger partial charge in [0.05, 0.1) is 11.6 Å². The summed E-state index contributed by atoms with van der Waals surface area (Å²) >= 11 is 0. The molecule has 2 aromatic heterocycles. The zero-order chi connectivity index (χ0) is 20.3. The average Bonchev–Trinajstić information content (AvgIpc) is 2.68. The first-order valence-corrected chi connectivity index (χ1v) is 8.49. The molecular weight excluding hydrogens is 363 g/mol. The second-order valence-corrected chi connectivity index (χ2v) is 6.28. The second-order valence-electron chi connectivity index (χ2n) is 6.28. The minimum Gasteiger partial charge on any atom is -0.365 e. The van der Waals surface area contributed by atoms with E-state index in [9.17, 15) is 14.0 Å². The molecule has 0 saturated heterocycles. The first-order chi connectivity index (χ1) is 13.4. The third-order valence-corrected chi connectivity index (χ3v) is 4.28. The number of pyridine rings is 2. The molecule has 0 aliphatic carbocycles. The van der Waals surface area contributed by atoms with Crippen molar-refractivity contribution in [3.63, 3.8) is 0 Å². The minimum atomic E-state index is -0.838. The summed E-state index contributed by atoms with van der Waals surface area (Å²) in [5.41, 5.74) is 5.88. The summed E-state index contributed by atoms with van der Waals surface area (Å²) in [6.07, 6.45) is 4.17. The number of anilines is 3. The van der Waals surface area contributed by atoms with E-state index in [1.165, 1.54) is 0 Å². The third-order valence-electron chi connectivity index (χ3n) is 4.28. The van der Waals surface area contributed by atoms with Crippen LogP contribution in [0.4, 0.5) is 21.7 Å². The van der Waals surface area contributed by atoms with Crippen molar-refractivity contribution in [2.45, 2.75) is 19.4 Å². The Morgan fingerprint density at radius 1 is 1.32 bits per heavy atom. The van der Waals surface area contributed by atoms with Crippen LogP contribution in [0.2, 0.25) is 0 Å². The molecule has 3 aromatic rings. The molecule has 0 spiro atoms. The predicted octanol–water partition coefficient (Wildman–Crippen LogP) is 2.27. The van der Waals surface area contributed by atoms with Crippen LogP contribution in [0.15, 0.2) is 42.7 Å². The van der Waals surface area contributed by atoms with Crippen molar-refractivity contribution >= 4 is 40.3 Å². The second kappa shape index (κ2) is 7.97. The van der Waals surface area contributed by atoms with Gasteiger partial charge in [0.1, 0.15) is 12.1 Å². The van der Waals surface area contributed by atoms with E-state index >= 15 is 0 Å². The Balaban J connectivity index is 2.02. The number of nitrogens with one attached hydrogen (secondary N) is 1. The number of amides is 1. The Bertz CT molecular complexity index is 1040. The monoisotopic (exact) mass is 382 g/mol. The van der Waals surface area contributed by atoms with Crippen LogP contribution in [0.5, 0.6) is 0 Å². The number of nitrogens with two attached hydrogens (primary N) is 2. The molecular formula is C19H19FN6O2. The third kappa shape index (κ3) is 3.89.